The highest BCUT2D eigenvalue weighted by atomic mass is 35.5. The number of allylic oxidation sites excluding steroid dienone is 1. The van der Waals surface area contributed by atoms with Crippen LogP contribution in [0.3, 0.4) is 0 Å². The lowest BCUT2D eigenvalue weighted by Gasteiger charge is -2.42. The number of hydrogen-bond acceptors (Lipinski definition) is 4. The highest BCUT2D eigenvalue weighted by Gasteiger charge is 2.30. The van der Waals surface area contributed by atoms with Gasteiger partial charge in [0.05, 0.1) is 26.2 Å². The van der Waals surface area contributed by atoms with Gasteiger partial charge in [-0.15, -0.1) is 0 Å². The molecule has 2 aromatic rings. The van der Waals surface area contributed by atoms with E-state index in [0.29, 0.717) is 25.8 Å². The molecule has 2 aliphatic rings. The summed E-state index contributed by atoms with van der Waals surface area (Å²) >= 11 is 13.3. The molecule has 0 spiro atoms. The summed E-state index contributed by atoms with van der Waals surface area (Å²) in [7, 11) is 0. The van der Waals surface area contributed by atoms with Crippen LogP contribution in [0.25, 0.3) is 11.6 Å². The van der Waals surface area contributed by atoms with Crippen LogP contribution in [0.2, 0.25) is 10.0 Å². The highest BCUT2D eigenvalue weighted by molar-refractivity contribution is 8.18. The number of anilines is 1. The van der Waals surface area contributed by atoms with E-state index in [4.69, 9.17) is 23.2 Å². The normalized spacial score (nSPS) is 20.1. The van der Waals surface area contributed by atoms with Gasteiger partial charge in [0.15, 0.2) is 5.17 Å². The number of rotatable bonds is 3. The molecule has 0 unspecified atom stereocenters. The minimum absolute atomic E-state index is 0.0249. The summed E-state index contributed by atoms with van der Waals surface area (Å²) in [6.45, 7) is 9.70. The maximum absolute atomic E-state index is 12.5. The summed E-state index contributed by atoms with van der Waals surface area (Å²) in [5.41, 5.74) is 5.26. The number of fused-ring (bicyclic) bond motifs is 1. The molecule has 1 N–H and O–H groups in total. The van der Waals surface area contributed by atoms with E-state index in [1.165, 1.54) is 28.6 Å². The molecule has 1 saturated heterocycles. The number of nitrogens with zero attached hydrogens (tertiary/aromatic N) is 2. The summed E-state index contributed by atoms with van der Waals surface area (Å²) in [6.07, 6.45) is 4.20. The number of halogens is 2. The lowest BCUT2D eigenvalue weighted by atomic mass is 9.88. The van der Waals surface area contributed by atoms with Gasteiger partial charge in [-0.25, -0.2) is 4.99 Å². The van der Waals surface area contributed by atoms with Crippen LogP contribution in [-0.2, 0) is 4.79 Å². The third-order valence-electron chi connectivity index (χ3n) is 5.40. The molecule has 31 heavy (non-hydrogen) atoms. The molecule has 0 aromatic heterocycles. The first-order valence-electron chi connectivity index (χ1n) is 10.0. The van der Waals surface area contributed by atoms with Crippen molar-refractivity contribution in [2.24, 2.45) is 4.99 Å². The molecule has 1 fully saturated rings. The number of carbonyl (C=O) groups is 1. The zero-order chi connectivity index (χ0) is 22.3. The van der Waals surface area contributed by atoms with Gasteiger partial charge in [0.25, 0.3) is 5.91 Å². The van der Waals surface area contributed by atoms with Gasteiger partial charge in [-0.2, -0.15) is 0 Å². The molecule has 0 atom stereocenters. The van der Waals surface area contributed by atoms with Crippen LogP contribution >= 0.6 is 35.0 Å². The Morgan fingerprint density at radius 2 is 1.94 bits per heavy atom. The molecule has 0 aliphatic carbocycles. The molecule has 0 saturated carbocycles. The number of amidine groups is 1. The first kappa shape index (κ1) is 22.0. The van der Waals surface area contributed by atoms with Gasteiger partial charge in [0, 0.05) is 17.8 Å². The first-order chi connectivity index (χ1) is 14.7. The standard InChI is InChI=1S/C24H23Cl2N3OS/c1-5-29-20-9-6-15(10-17(20)14(2)13-24(29,3)4)11-21-22(30)28-23(31-21)27-16-7-8-18(25)19(26)12-16/h6-13H,5H2,1-4H3,(H,27,28,30)/b21-11+. The third kappa shape index (κ3) is 4.40. The van der Waals surface area contributed by atoms with Crippen molar-refractivity contribution in [3.63, 3.8) is 0 Å². The molecule has 1 amide bonds. The molecule has 7 heteroatoms. The minimum atomic E-state index is -0.162. The Balaban J connectivity index is 1.62. The van der Waals surface area contributed by atoms with Crippen LogP contribution in [-0.4, -0.2) is 23.2 Å². The zero-order valence-corrected chi connectivity index (χ0v) is 20.1. The Hall–Kier alpha value is -2.21. The smallest absolute Gasteiger partial charge is 0.264 e. The van der Waals surface area contributed by atoms with Crippen molar-refractivity contribution in [1.29, 1.82) is 0 Å². The van der Waals surface area contributed by atoms with Crippen molar-refractivity contribution in [3.8, 4) is 0 Å². The monoisotopic (exact) mass is 471 g/mol. The fourth-order valence-corrected chi connectivity index (χ4v) is 5.21. The van der Waals surface area contributed by atoms with Crippen LogP contribution in [0.15, 0.2) is 52.4 Å². The van der Waals surface area contributed by atoms with Crippen LogP contribution in [0.5, 0.6) is 0 Å². The predicted octanol–water partition coefficient (Wildman–Crippen LogP) is 6.91. The van der Waals surface area contributed by atoms with Gasteiger partial charge in [-0.3, -0.25) is 4.79 Å². The number of carbonyl (C=O) groups excluding carboxylic acids is 1. The van der Waals surface area contributed by atoms with Crippen molar-refractivity contribution in [3.05, 3.63) is 68.6 Å². The number of benzene rings is 2. The van der Waals surface area contributed by atoms with Crippen molar-refractivity contribution in [1.82, 2.24) is 5.32 Å². The van der Waals surface area contributed by atoms with E-state index >= 15 is 0 Å². The Morgan fingerprint density at radius 1 is 1.16 bits per heavy atom. The molecule has 2 aromatic carbocycles. The van der Waals surface area contributed by atoms with E-state index in [9.17, 15) is 4.79 Å². The van der Waals surface area contributed by atoms with Crippen LogP contribution in [0, 0.1) is 0 Å². The molecule has 0 bridgehead atoms. The third-order valence-corrected chi connectivity index (χ3v) is 7.05. The molecule has 4 nitrogen and oxygen atoms in total. The average molecular weight is 472 g/mol. The van der Waals surface area contributed by atoms with E-state index in [2.05, 4.69) is 67.2 Å². The zero-order valence-electron chi connectivity index (χ0n) is 17.8. The highest BCUT2D eigenvalue weighted by Crippen LogP contribution is 2.40. The largest absolute Gasteiger partial charge is 0.363 e. The van der Waals surface area contributed by atoms with Gasteiger partial charge < -0.3 is 10.2 Å². The summed E-state index contributed by atoms with van der Waals surface area (Å²) in [5.74, 6) is -0.162. The van der Waals surface area contributed by atoms with Gasteiger partial charge >= 0.3 is 0 Å². The molecule has 160 valence electrons. The number of nitrogens with one attached hydrogen (secondary N) is 1. The number of hydrogen-bond donors (Lipinski definition) is 1. The Kier molecular flexibility index (Phi) is 5.95. The fraction of sp³-hybridized carbons (Fsp3) is 0.250. The summed E-state index contributed by atoms with van der Waals surface area (Å²) in [4.78, 5) is 20.0. The van der Waals surface area contributed by atoms with E-state index in [0.717, 1.165) is 12.1 Å². The van der Waals surface area contributed by atoms with Crippen molar-refractivity contribution in [2.45, 2.75) is 33.2 Å². The first-order valence-corrected chi connectivity index (χ1v) is 11.6. The predicted molar refractivity (Wildman–Crippen MR) is 134 cm³/mol. The van der Waals surface area contributed by atoms with Crippen LogP contribution < -0.4 is 10.2 Å². The number of thioether (sulfide) groups is 1. The van der Waals surface area contributed by atoms with Crippen molar-refractivity contribution in [2.75, 3.05) is 11.4 Å². The summed E-state index contributed by atoms with van der Waals surface area (Å²) in [6, 6.07) is 11.5. The van der Waals surface area contributed by atoms with E-state index in [-0.39, 0.29) is 11.4 Å². The molecule has 2 heterocycles. The molecular weight excluding hydrogens is 449 g/mol. The molecular formula is C24H23Cl2N3OS. The number of amides is 1. The topological polar surface area (TPSA) is 44.7 Å². The maximum Gasteiger partial charge on any atom is 0.264 e. The Labute approximate surface area is 197 Å². The average Bonchev–Trinajstić information content (AvgIpc) is 3.03. The summed E-state index contributed by atoms with van der Waals surface area (Å²) in [5, 5.41) is 4.23. The van der Waals surface area contributed by atoms with Gasteiger partial charge in [-0.1, -0.05) is 35.3 Å². The van der Waals surface area contributed by atoms with E-state index in [1.54, 1.807) is 18.2 Å². The second kappa shape index (κ2) is 8.38. The van der Waals surface area contributed by atoms with Gasteiger partial charge in [0.2, 0.25) is 0 Å². The second-order valence-electron chi connectivity index (χ2n) is 8.08. The SMILES string of the molecule is CCN1c2ccc(/C=C3/SC(=Nc4ccc(Cl)c(Cl)c4)NC3=O)cc2C(C)=CC1(C)C. The second-order valence-corrected chi connectivity index (χ2v) is 9.93. The molecule has 2 aliphatic heterocycles. The van der Waals surface area contributed by atoms with Crippen molar-refractivity contribution >= 4 is 69.1 Å². The van der Waals surface area contributed by atoms with E-state index in [1.807, 2.05) is 6.08 Å². The Bertz CT molecular complexity index is 1170. The minimum Gasteiger partial charge on any atom is -0.363 e. The number of aliphatic imine (C=N–C) groups is 1. The van der Waals surface area contributed by atoms with Gasteiger partial charge in [0.1, 0.15) is 0 Å². The fourth-order valence-electron chi connectivity index (χ4n) is 4.07. The summed E-state index contributed by atoms with van der Waals surface area (Å²) < 4.78 is 0. The number of likely N-dealkylation sites (N-methyl/N-ethyl adjacent to an activating group) is 1. The lowest BCUT2D eigenvalue weighted by molar-refractivity contribution is -0.115. The maximum atomic E-state index is 12.5. The van der Waals surface area contributed by atoms with Crippen LogP contribution in [0.4, 0.5) is 11.4 Å². The Morgan fingerprint density at radius 3 is 2.65 bits per heavy atom. The van der Waals surface area contributed by atoms with Crippen molar-refractivity contribution < 1.29 is 4.79 Å². The molecule has 0 radical (unpaired) electrons. The van der Waals surface area contributed by atoms with Gasteiger partial charge in [-0.05, 0) is 87.0 Å². The van der Waals surface area contributed by atoms with E-state index < -0.39 is 0 Å². The molecule has 4 rings (SSSR count). The lowest BCUT2D eigenvalue weighted by Crippen LogP contribution is -2.44. The van der Waals surface area contributed by atoms with Crippen LogP contribution in [0.1, 0.15) is 38.8 Å². The quantitative estimate of drug-likeness (QED) is 0.494.